The fourth-order valence-electron chi connectivity index (χ4n) is 4.65. The maximum absolute atomic E-state index is 13.1. The molecule has 0 aromatic heterocycles. The van der Waals surface area contributed by atoms with Crippen molar-refractivity contribution in [3.8, 4) is 0 Å². The van der Waals surface area contributed by atoms with E-state index >= 15 is 0 Å². The van der Waals surface area contributed by atoms with Crippen molar-refractivity contribution in [1.82, 2.24) is 14.1 Å². The third-order valence-electron chi connectivity index (χ3n) is 6.47. The molecule has 1 aromatic carbocycles. The van der Waals surface area contributed by atoms with Crippen LogP contribution in [0.25, 0.3) is 0 Å². The molecule has 7 nitrogen and oxygen atoms in total. The number of benzene rings is 1. The molecule has 2 aliphatic heterocycles. The standard InChI is InChI=1S/C22H34N4O3S/c1-16(2)14-22(4)20(27)26(21(23)24(22)5)15-18-9-11-25(12-10-18)30(28,29)19-8-6-7-17(3)13-19/h6-8,13,16,18,23H,9-12,14-15H2,1-5H3. The number of carbonyl (C=O) groups is 1. The Kier molecular flexibility index (Phi) is 6.30. The number of amides is 1. The highest BCUT2D eigenvalue weighted by atomic mass is 32.2. The third kappa shape index (κ3) is 4.12. The Hall–Kier alpha value is -1.93. The van der Waals surface area contributed by atoms with E-state index in [0.717, 1.165) is 5.56 Å². The Bertz CT molecular complexity index is 922. The first-order valence-corrected chi connectivity index (χ1v) is 12.1. The number of hydrogen-bond acceptors (Lipinski definition) is 4. The number of sulfonamides is 1. The van der Waals surface area contributed by atoms with Crippen LogP contribution >= 0.6 is 0 Å². The minimum Gasteiger partial charge on any atom is -0.331 e. The average Bonchev–Trinajstić information content (AvgIpc) is 2.83. The summed E-state index contributed by atoms with van der Waals surface area (Å²) in [5, 5.41) is 8.46. The van der Waals surface area contributed by atoms with Crippen LogP contribution in [0.3, 0.4) is 0 Å². The zero-order chi connectivity index (χ0) is 22.3. The molecule has 1 amide bonds. The molecule has 8 heteroatoms. The van der Waals surface area contributed by atoms with Gasteiger partial charge < -0.3 is 4.90 Å². The average molecular weight is 435 g/mol. The SMILES string of the molecule is Cc1cccc(S(=O)(=O)N2CCC(CN3C(=N)N(C)C(C)(CC(C)C)C3=O)CC2)c1. The van der Waals surface area contributed by atoms with Gasteiger partial charge >= 0.3 is 0 Å². The van der Waals surface area contributed by atoms with Gasteiger partial charge in [-0.1, -0.05) is 26.0 Å². The van der Waals surface area contributed by atoms with Gasteiger partial charge in [-0.15, -0.1) is 0 Å². The summed E-state index contributed by atoms with van der Waals surface area (Å²) < 4.78 is 27.4. The smallest absolute Gasteiger partial charge is 0.254 e. The predicted octanol–water partition coefficient (Wildman–Crippen LogP) is 2.91. The van der Waals surface area contributed by atoms with Crippen molar-refractivity contribution in [3.63, 3.8) is 0 Å². The van der Waals surface area contributed by atoms with Crippen LogP contribution in [-0.2, 0) is 14.8 Å². The van der Waals surface area contributed by atoms with Crippen molar-refractivity contribution < 1.29 is 13.2 Å². The van der Waals surface area contributed by atoms with Crippen molar-refractivity contribution in [2.45, 2.75) is 57.4 Å². The zero-order valence-electron chi connectivity index (χ0n) is 18.7. The van der Waals surface area contributed by atoms with Crippen molar-refractivity contribution in [2.75, 3.05) is 26.7 Å². The Morgan fingerprint density at radius 2 is 1.87 bits per heavy atom. The molecule has 2 heterocycles. The number of nitrogens with one attached hydrogen (secondary N) is 1. The van der Waals surface area contributed by atoms with Crippen LogP contribution in [0.15, 0.2) is 29.2 Å². The van der Waals surface area contributed by atoms with Crippen molar-refractivity contribution in [2.24, 2.45) is 11.8 Å². The lowest BCUT2D eigenvalue weighted by atomic mass is 9.89. The van der Waals surface area contributed by atoms with Crippen molar-refractivity contribution in [1.29, 1.82) is 5.41 Å². The van der Waals surface area contributed by atoms with Gasteiger partial charge in [0.15, 0.2) is 0 Å². The Morgan fingerprint density at radius 3 is 2.43 bits per heavy atom. The number of hydrogen-bond donors (Lipinski definition) is 1. The van der Waals surface area contributed by atoms with Gasteiger partial charge in [0.25, 0.3) is 5.91 Å². The predicted molar refractivity (Wildman–Crippen MR) is 118 cm³/mol. The van der Waals surface area contributed by atoms with Crippen LogP contribution in [-0.4, -0.2) is 66.6 Å². The van der Waals surface area contributed by atoms with E-state index < -0.39 is 15.6 Å². The van der Waals surface area contributed by atoms with Gasteiger partial charge in [-0.3, -0.25) is 15.1 Å². The molecule has 2 saturated heterocycles. The van der Waals surface area contributed by atoms with Crippen LogP contribution < -0.4 is 0 Å². The van der Waals surface area contributed by atoms with Crippen molar-refractivity contribution in [3.05, 3.63) is 29.8 Å². The van der Waals surface area contributed by atoms with E-state index in [1.807, 2.05) is 27.0 Å². The second-order valence-electron chi connectivity index (χ2n) is 9.33. The van der Waals surface area contributed by atoms with Crippen LogP contribution in [0.4, 0.5) is 0 Å². The second-order valence-corrected chi connectivity index (χ2v) is 11.3. The van der Waals surface area contributed by atoms with Crippen LogP contribution in [0.5, 0.6) is 0 Å². The first kappa shape index (κ1) is 22.7. The van der Waals surface area contributed by atoms with Crippen LogP contribution in [0, 0.1) is 24.2 Å². The Morgan fingerprint density at radius 1 is 1.23 bits per heavy atom. The molecule has 1 unspecified atom stereocenters. The monoisotopic (exact) mass is 434 g/mol. The first-order valence-electron chi connectivity index (χ1n) is 10.7. The summed E-state index contributed by atoms with van der Waals surface area (Å²) in [6.45, 7) is 9.34. The second kappa shape index (κ2) is 8.30. The summed E-state index contributed by atoms with van der Waals surface area (Å²) in [5.41, 5.74) is 0.242. The lowest BCUT2D eigenvalue weighted by molar-refractivity contribution is -0.133. The normalized spacial score (nSPS) is 24.3. The van der Waals surface area contributed by atoms with Crippen LogP contribution in [0.1, 0.15) is 45.6 Å². The van der Waals surface area contributed by atoms with E-state index in [9.17, 15) is 13.2 Å². The topological polar surface area (TPSA) is 84.8 Å². The largest absolute Gasteiger partial charge is 0.331 e. The molecule has 3 rings (SSSR count). The van der Waals surface area contributed by atoms with E-state index in [4.69, 9.17) is 5.41 Å². The molecule has 0 spiro atoms. The summed E-state index contributed by atoms with van der Waals surface area (Å²) >= 11 is 0. The summed E-state index contributed by atoms with van der Waals surface area (Å²) in [4.78, 5) is 16.9. The van der Waals surface area contributed by atoms with E-state index in [-0.39, 0.29) is 17.8 Å². The van der Waals surface area contributed by atoms with E-state index in [1.54, 1.807) is 32.3 Å². The maximum atomic E-state index is 13.1. The minimum absolute atomic E-state index is 0.0153. The Labute approximate surface area is 180 Å². The third-order valence-corrected chi connectivity index (χ3v) is 8.36. The number of aryl methyl sites for hydroxylation is 1. The number of rotatable bonds is 6. The molecule has 1 N–H and O–H groups in total. The van der Waals surface area contributed by atoms with Gasteiger partial charge in [-0.25, -0.2) is 8.42 Å². The number of guanidine groups is 1. The highest BCUT2D eigenvalue weighted by molar-refractivity contribution is 7.89. The lowest BCUT2D eigenvalue weighted by Crippen LogP contribution is -2.46. The molecule has 0 saturated carbocycles. The molecule has 0 aliphatic carbocycles. The van der Waals surface area contributed by atoms with Gasteiger partial charge in [0.2, 0.25) is 16.0 Å². The molecular formula is C22H34N4O3S. The maximum Gasteiger partial charge on any atom is 0.254 e. The minimum atomic E-state index is -3.50. The number of nitrogens with zero attached hydrogens (tertiary/aromatic N) is 3. The summed E-state index contributed by atoms with van der Waals surface area (Å²) in [5.74, 6) is 0.772. The molecular weight excluding hydrogens is 400 g/mol. The first-order chi connectivity index (χ1) is 14.0. The highest BCUT2D eigenvalue weighted by Crippen LogP contribution is 2.33. The number of likely N-dealkylation sites (N-methyl/N-ethyl adjacent to an activating group) is 1. The number of carbonyl (C=O) groups excluding carboxylic acids is 1. The van der Waals surface area contributed by atoms with Crippen molar-refractivity contribution >= 4 is 21.9 Å². The van der Waals surface area contributed by atoms with Gasteiger partial charge in [-0.05, 0) is 62.6 Å². The van der Waals surface area contributed by atoms with E-state index in [1.165, 1.54) is 0 Å². The van der Waals surface area contributed by atoms with Gasteiger partial charge in [0.05, 0.1) is 4.90 Å². The molecule has 2 aliphatic rings. The van der Waals surface area contributed by atoms with Gasteiger partial charge in [-0.2, -0.15) is 4.31 Å². The fourth-order valence-corrected chi connectivity index (χ4v) is 6.22. The van der Waals surface area contributed by atoms with Gasteiger partial charge in [0, 0.05) is 26.7 Å². The molecule has 166 valence electrons. The molecule has 0 bridgehead atoms. The fraction of sp³-hybridized carbons (Fsp3) is 0.636. The number of piperidine rings is 1. The summed E-state index contributed by atoms with van der Waals surface area (Å²) in [7, 11) is -1.68. The molecule has 1 aromatic rings. The van der Waals surface area contributed by atoms with E-state index in [0.29, 0.717) is 49.7 Å². The molecule has 30 heavy (non-hydrogen) atoms. The Balaban J connectivity index is 1.65. The van der Waals surface area contributed by atoms with Gasteiger partial charge in [0.1, 0.15) is 5.54 Å². The van der Waals surface area contributed by atoms with E-state index in [2.05, 4.69) is 13.8 Å². The van der Waals surface area contributed by atoms with Crippen LogP contribution in [0.2, 0.25) is 0 Å². The molecule has 1 atom stereocenters. The molecule has 2 fully saturated rings. The molecule has 0 radical (unpaired) electrons. The summed E-state index contributed by atoms with van der Waals surface area (Å²) in [6, 6.07) is 7.00. The highest BCUT2D eigenvalue weighted by Gasteiger charge is 2.51. The quantitative estimate of drug-likeness (QED) is 0.746. The summed E-state index contributed by atoms with van der Waals surface area (Å²) in [6.07, 6.45) is 2.08. The zero-order valence-corrected chi connectivity index (χ0v) is 19.5. The lowest BCUT2D eigenvalue weighted by Gasteiger charge is -2.33.